The van der Waals surface area contributed by atoms with Crippen LogP contribution in [0.4, 0.5) is 4.39 Å². The summed E-state index contributed by atoms with van der Waals surface area (Å²) >= 11 is 0. The Labute approximate surface area is 181 Å². The Kier molecular flexibility index (Phi) is 5.67. The minimum Gasteiger partial charge on any atom is -0.376 e. The van der Waals surface area contributed by atoms with E-state index >= 15 is 0 Å². The van der Waals surface area contributed by atoms with Gasteiger partial charge in [-0.05, 0) is 102 Å². The molecule has 170 valence electrons. The maximum absolute atomic E-state index is 15.0. The van der Waals surface area contributed by atoms with Crippen molar-refractivity contribution >= 4 is 5.91 Å². The molecule has 4 bridgehead atoms. The molecule has 6 rings (SSSR count). The van der Waals surface area contributed by atoms with E-state index in [0.29, 0.717) is 19.0 Å². The average Bonchev–Trinajstić information content (AvgIpc) is 2.65. The molecule has 2 saturated heterocycles. The molecule has 2 aliphatic heterocycles. The highest BCUT2D eigenvalue weighted by Gasteiger charge is 2.54. The first-order valence-corrected chi connectivity index (χ1v) is 12.6. The fourth-order valence-corrected chi connectivity index (χ4v) is 8.09. The first-order valence-electron chi connectivity index (χ1n) is 12.6. The van der Waals surface area contributed by atoms with Gasteiger partial charge in [-0.25, -0.2) is 4.39 Å². The highest BCUT2D eigenvalue weighted by Crippen LogP contribution is 2.60. The first kappa shape index (κ1) is 21.2. The smallest absolute Gasteiger partial charge is 0.226 e. The van der Waals surface area contributed by atoms with E-state index in [0.717, 1.165) is 76.0 Å². The van der Waals surface area contributed by atoms with Gasteiger partial charge in [-0.3, -0.25) is 4.79 Å². The Balaban J connectivity index is 1.09. The van der Waals surface area contributed by atoms with Gasteiger partial charge in [-0.2, -0.15) is 0 Å². The number of ether oxygens (including phenoxy) is 1. The third-order valence-corrected chi connectivity index (χ3v) is 9.12. The number of halogens is 1. The Morgan fingerprint density at radius 2 is 1.73 bits per heavy atom. The normalized spacial score (nSPS) is 45.4. The number of piperidine rings is 1. The summed E-state index contributed by atoms with van der Waals surface area (Å²) in [5.74, 6) is 3.15. The van der Waals surface area contributed by atoms with Crippen molar-refractivity contribution in [3.63, 3.8) is 0 Å². The summed E-state index contributed by atoms with van der Waals surface area (Å²) in [6.45, 7) is 8.14. The molecule has 1 N–H and O–H groups in total. The molecule has 4 nitrogen and oxygen atoms in total. The van der Waals surface area contributed by atoms with Crippen molar-refractivity contribution in [2.75, 3.05) is 32.8 Å². The molecule has 0 aromatic carbocycles. The van der Waals surface area contributed by atoms with Crippen molar-refractivity contribution in [1.29, 1.82) is 0 Å². The highest BCUT2D eigenvalue weighted by molar-refractivity contribution is 5.83. The van der Waals surface area contributed by atoms with Gasteiger partial charge in [0.25, 0.3) is 0 Å². The average molecular weight is 421 g/mol. The van der Waals surface area contributed by atoms with Crippen LogP contribution in [0.1, 0.15) is 71.6 Å². The summed E-state index contributed by atoms with van der Waals surface area (Å²) in [6, 6.07) is 0. The van der Waals surface area contributed by atoms with Crippen LogP contribution in [0.15, 0.2) is 0 Å². The standard InChI is InChI=1S/C25H41FN2O2/c1-24(2)10-17(4-6-30-24)15-28-5-3-21(22(26)16-28)14-27-23(29)25-11-18-7-19(12-25)9-20(8-18)13-25/h17-22H,3-16H2,1-2H3,(H,27,29)/t17?,18?,19?,20?,21-,22-,25?/m1/s1. The van der Waals surface area contributed by atoms with E-state index in [1.165, 1.54) is 19.3 Å². The molecule has 4 aliphatic carbocycles. The van der Waals surface area contributed by atoms with Crippen LogP contribution in [0, 0.1) is 35.0 Å². The fraction of sp³-hybridized carbons (Fsp3) is 0.960. The topological polar surface area (TPSA) is 41.6 Å². The monoisotopic (exact) mass is 420 g/mol. The summed E-state index contributed by atoms with van der Waals surface area (Å²) in [6.07, 6.45) is 9.48. The van der Waals surface area contributed by atoms with Crippen LogP contribution in [0.25, 0.3) is 0 Å². The van der Waals surface area contributed by atoms with Crippen molar-refractivity contribution in [3.8, 4) is 0 Å². The number of carbonyl (C=O) groups is 1. The minimum absolute atomic E-state index is 0.0229. The molecule has 4 saturated carbocycles. The van der Waals surface area contributed by atoms with Gasteiger partial charge in [-0.1, -0.05) is 0 Å². The van der Waals surface area contributed by atoms with E-state index < -0.39 is 6.17 Å². The maximum Gasteiger partial charge on any atom is 0.226 e. The van der Waals surface area contributed by atoms with Crippen LogP contribution in [0.5, 0.6) is 0 Å². The van der Waals surface area contributed by atoms with E-state index in [1.54, 1.807) is 0 Å². The Bertz CT molecular complexity index is 616. The number of amides is 1. The molecule has 30 heavy (non-hydrogen) atoms. The third-order valence-electron chi connectivity index (χ3n) is 9.12. The van der Waals surface area contributed by atoms with Crippen LogP contribution in [-0.2, 0) is 9.53 Å². The predicted molar refractivity (Wildman–Crippen MR) is 116 cm³/mol. The van der Waals surface area contributed by atoms with Crippen molar-refractivity contribution in [2.24, 2.45) is 35.0 Å². The molecule has 5 heteroatoms. The summed E-state index contributed by atoms with van der Waals surface area (Å²) in [7, 11) is 0. The summed E-state index contributed by atoms with van der Waals surface area (Å²) in [5, 5.41) is 3.23. The number of hydrogen-bond acceptors (Lipinski definition) is 3. The van der Waals surface area contributed by atoms with Crippen LogP contribution in [0.3, 0.4) is 0 Å². The van der Waals surface area contributed by atoms with Gasteiger partial charge in [0.2, 0.25) is 5.91 Å². The lowest BCUT2D eigenvalue weighted by Crippen LogP contribution is -2.55. The molecule has 6 aliphatic rings. The van der Waals surface area contributed by atoms with Gasteiger partial charge in [0.1, 0.15) is 6.17 Å². The van der Waals surface area contributed by atoms with Crippen LogP contribution in [-0.4, -0.2) is 55.4 Å². The second-order valence-electron chi connectivity index (χ2n) is 12.2. The number of likely N-dealkylation sites (tertiary alicyclic amines) is 1. The molecule has 1 unspecified atom stereocenters. The molecule has 0 aromatic rings. The van der Waals surface area contributed by atoms with E-state index in [-0.39, 0.29) is 22.8 Å². The second-order valence-corrected chi connectivity index (χ2v) is 12.2. The fourth-order valence-electron chi connectivity index (χ4n) is 8.09. The van der Waals surface area contributed by atoms with Gasteiger partial charge in [-0.15, -0.1) is 0 Å². The summed E-state index contributed by atoms with van der Waals surface area (Å²) < 4.78 is 20.8. The second kappa shape index (κ2) is 8.03. The van der Waals surface area contributed by atoms with Crippen molar-refractivity contribution in [2.45, 2.75) is 83.4 Å². The van der Waals surface area contributed by atoms with Crippen LogP contribution >= 0.6 is 0 Å². The van der Waals surface area contributed by atoms with Gasteiger partial charge < -0.3 is 15.0 Å². The van der Waals surface area contributed by atoms with E-state index in [1.807, 2.05) is 0 Å². The van der Waals surface area contributed by atoms with Gasteiger partial charge >= 0.3 is 0 Å². The number of alkyl halides is 1. The Morgan fingerprint density at radius 1 is 1.07 bits per heavy atom. The Morgan fingerprint density at radius 3 is 2.33 bits per heavy atom. The quantitative estimate of drug-likeness (QED) is 0.725. The van der Waals surface area contributed by atoms with E-state index in [2.05, 4.69) is 24.1 Å². The molecule has 1 amide bonds. The Hall–Kier alpha value is -0.680. The number of nitrogens with zero attached hydrogens (tertiary/aromatic N) is 1. The van der Waals surface area contributed by atoms with E-state index in [9.17, 15) is 9.18 Å². The van der Waals surface area contributed by atoms with E-state index in [4.69, 9.17) is 4.74 Å². The van der Waals surface area contributed by atoms with Gasteiger partial charge in [0.05, 0.1) is 5.60 Å². The summed E-state index contributed by atoms with van der Waals surface area (Å²) in [5.41, 5.74) is -0.158. The van der Waals surface area contributed by atoms with Crippen LogP contribution in [0.2, 0.25) is 0 Å². The predicted octanol–water partition coefficient (Wildman–Crippen LogP) is 4.18. The molecule has 0 aromatic heterocycles. The molecule has 3 atom stereocenters. The lowest BCUT2D eigenvalue weighted by Gasteiger charge is -2.55. The minimum atomic E-state index is -0.830. The SMILES string of the molecule is CC1(C)CC(CN2CC[C@H](CNC(=O)C34CC5CC(CC(C5)C3)C4)[C@H](F)C2)CCO1. The highest BCUT2D eigenvalue weighted by atomic mass is 19.1. The zero-order valence-electron chi connectivity index (χ0n) is 19.0. The van der Waals surface area contributed by atoms with Crippen LogP contribution < -0.4 is 5.32 Å². The third kappa shape index (κ3) is 4.30. The molecule has 6 fully saturated rings. The van der Waals surface area contributed by atoms with Crippen molar-refractivity contribution in [1.82, 2.24) is 10.2 Å². The lowest BCUT2D eigenvalue weighted by atomic mass is 9.49. The number of rotatable bonds is 5. The molecule has 0 spiro atoms. The largest absolute Gasteiger partial charge is 0.376 e. The first-order chi connectivity index (χ1) is 14.3. The molecule has 0 radical (unpaired) electrons. The zero-order valence-corrected chi connectivity index (χ0v) is 19.0. The number of carbonyl (C=O) groups excluding carboxylic acids is 1. The molecular weight excluding hydrogens is 379 g/mol. The number of hydrogen-bond donors (Lipinski definition) is 1. The molecular formula is C25H41FN2O2. The van der Waals surface area contributed by atoms with Gasteiger partial charge in [0, 0.05) is 37.6 Å². The number of nitrogens with one attached hydrogen (secondary N) is 1. The molecule has 2 heterocycles. The van der Waals surface area contributed by atoms with Crippen molar-refractivity contribution in [3.05, 3.63) is 0 Å². The lowest BCUT2D eigenvalue weighted by molar-refractivity contribution is -0.146. The zero-order chi connectivity index (χ0) is 20.9. The van der Waals surface area contributed by atoms with Crippen molar-refractivity contribution < 1.29 is 13.9 Å². The van der Waals surface area contributed by atoms with Gasteiger partial charge in [0.15, 0.2) is 0 Å². The maximum atomic E-state index is 15.0. The summed E-state index contributed by atoms with van der Waals surface area (Å²) in [4.78, 5) is 15.5.